The molecule has 0 aromatic carbocycles. The van der Waals surface area contributed by atoms with Gasteiger partial charge in [0, 0.05) is 5.57 Å². The molecule has 0 aromatic rings. The molecule has 0 rings (SSSR count). The van der Waals surface area contributed by atoms with Crippen molar-refractivity contribution in [3.63, 3.8) is 0 Å². The van der Waals surface area contributed by atoms with Crippen LogP contribution >= 0.6 is 12.4 Å². The average Bonchev–Trinajstić information content (AvgIpc) is 1.85. The second-order valence-electron chi connectivity index (χ2n) is 3.47. The van der Waals surface area contributed by atoms with Gasteiger partial charge in [-0.25, -0.2) is 4.79 Å². The maximum absolute atomic E-state index is 11.1. The lowest BCUT2D eigenvalue weighted by molar-refractivity contribution is -0.151. The molecule has 0 heterocycles. The predicted molar refractivity (Wildman–Crippen MR) is 55.9 cm³/mol. The van der Waals surface area contributed by atoms with Crippen LogP contribution in [0.4, 0.5) is 0 Å². The first kappa shape index (κ1) is 15.0. The highest BCUT2D eigenvalue weighted by atomic mass is 35.5. The molecule has 0 spiro atoms. The van der Waals surface area contributed by atoms with Crippen molar-refractivity contribution in [2.75, 3.05) is 6.54 Å². The number of ether oxygens (including phenoxy) is 1. The molecule has 78 valence electrons. The van der Waals surface area contributed by atoms with Gasteiger partial charge in [0.15, 0.2) is 0 Å². The number of nitrogens with two attached hydrogens (primary N) is 1. The zero-order valence-electron chi connectivity index (χ0n) is 8.42. The van der Waals surface area contributed by atoms with Crippen molar-refractivity contribution in [1.82, 2.24) is 0 Å². The molecule has 0 aliphatic rings. The maximum Gasteiger partial charge on any atom is 0.333 e. The van der Waals surface area contributed by atoms with E-state index in [4.69, 9.17) is 10.5 Å². The molecule has 0 aromatic heterocycles. The minimum Gasteiger partial charge on any atom is -0.456 e. The second kappa shape index (κ2) is 6.00. The minimum atomic E-state index is -0.481. The fourth-order valence-electron chi connectivity index (χ4n) is 0.737. The molecular weight excluding hydrogens is 190 g/mol. The van der Waals surface area contributed by atoms with Crippen LogP contribution in [0, 0.1) is 0 Å². The summed E-state index contributed by atoms with van der Waals surface area (Å²) in [7, 11) is 0. The van der Waals surface area contributed by atoms with E-state index in [1.165, 1.54) is 0 Å². The van der Waals surface area contributed by atoms with Crippen LogP contribution in [0.5, 0.6) is 0 Å². The Bertz CT molecular complexity index is 190. The Morgan fingerprint density at radius 1 is 1.54 bits per heavy atom. The van der Waals surface area contributed by atoms with Crippen molar-refractivity contribution in [3.8, 4) is 0 Å². The fraction of sp³-hybridized carbons (Fsp3) is 0.667. The number of halogens is 1. The van der Waals surface area contributed by atoms with E-state index in [0.717, 1.165) is 0 Å². The van der Waals surface area contributed by atoms with Crippen LogP contribution in [-0.4, -0.2) is 18.1 Å². The largest absolute Gasteiger partial charge is 0.456 e. The summed E-state index contributed by atoms with van der Waals surface area (Å²) in [6.07, 6.45) is 0.659. The second-order valence-corrected chi connectivity index (χ2v) is 3.47. The molecule has 0 radical (unpaired) electrons. The molecule has 0 saturated carbocycles. The maximum atomic E-state index is 11.1. The van der Waals surface area contributed by atoms with E-state index in [2.05, 4.69) is 6.58 Å². The van der Waals surface area contributed by atoms with Gasteiger partial charge >= 0.3 is 5.97 Å². The Morgan fingerprint density at radius 2 is 2.00 bits per heavy atom. The molecule has 0 amide bonds. The Balaban J connectivity index is 0. The summed E-state index contributed by atoms with van der Waals surface area (Å²) in [5, 5.41) is 0. The Morgan fingerprint density at radius 3 is 2.31 bits per heavy atom. The predicted octanol–water partition coefficient (Wildman–Crippen LogP) is 1.65. The van der Waals surface area contributed by atoms with Crippen molar-refractivity contribution in [3.05, 3.63) is 12.2 Å². The molecule has 0 saturated heterocycles. The summed E-state index contributed by atoms with van der Waals surface area (Å²) in [6, 6.07) is 0. The van der Waals surface area contributed by atoms with Gasteiger partial charge in [-0.05, 0) is 33.7 Å². The van der Waals surface area contributed by atoms with Crippen LogP contribution in [0.3, 0.4) is 0 Å². The number of carbonyl (C=O) groups is 1. The first-order valence-electron chi connectivity index (χ1n) is 3.98. The first-order valence-corrected chi connectivity index (χ1v) is 3.98. The number of hydrogen-bond donors (Lipinski definition) is 1. The monoisotopic (exact) mass is 207 g/mol. The van der Waals surface area contributed by atoms with Gasteiger partial charge in [0.2, 0.25) is 0 Å². The summed E-state index contributed by atoms with van der Waals surface area (Å²) in [5.41, 5.74) is 5.29. The molecule has 0 unspecified atom stereocenters. The molecule has 0 atom stereocenters. The fourth-order valence-corrected chi connectivity index (χ4v) is 0.737. The van der Waals surface area contributed by atoms with Gasteiger partial charge < -0.3 is 10.5 Å². The summed E-state index contributed by atoms with van der Waals surface area (Å²) in [4.78, 5) is 11.1. The molecule has 4 heteroatoms. The van der Waals surface area contributed by atoms with E-state index in [0.29, 0.717) is 18.5 Å². The third-order valence-corrected chi connectivity index (χ3v) is 1.46. The topological polar surface area (TPSA) is 52.3 Å². The lowest BCUT2D eigenvalue weighted by atomic mass is 10.1. The van der Waals surface area contributed by atoms with Gasteiger partial charge in [0.25, 0.3) is 0 Å². The number of rotatable bonds is 4. The zero-order valence-corrected chi connectivity index (χ0v) is 9.24. The van der Waals surface area contributed by atoms with Gasteiger partial charge in [-0.15, -0.1) is 12.4 Å². The average molecular weight is 208 g/mol. The van der Waals surface area contributed by atoms with E-state index in [9.17, 15) is 4.79 Å². The summed E-state index contributed by atoms with van der Waals surface area (Å²) >= 11 is 0. The lowest BCUT2D eigenvalue weighted by Gasteiger charge is -2.24. The summed E-state index contributed by atoms with van der Waals surface area (Å²) in [5.74, 6) is -0.353. The Kier molecular flexibility index (Phi) is 6.90. The smallest absolute Gasteiger partial charge is 0.333 e. The molecule has 0 aliphatic carbocycles. The van der Waals surface area contributed by atoms with Crippen LogP contribution < -0.4 is 5.73 Å². The van der Waals surface area contributed by atoms with Crippen molar-refractivity contribution >= 4 is 18.4 Å². The SMILES string of the molecule is C=C(C)C(=O)OC(C)(C)CCN.Cl. The van der Waals surface area contributed by atoms with Gasteiger partial charge in [0.1, 0.15) is 5.60 Å². The Hall–Kier alpha value is -0.540. The zero-order chi connectivity index (χ0) is 9.78. The number of esters is 1. The molecule has 2 N–H and O–H groups in total. The van der Waals surface area contributed by atoms with E-state index in [-0.39, 0.29) is 18.4 Å². The molecule has 0 aliphatic heterocycles. The van der Waals surface area contributed by atoms with Gasteiger partial charge in [-0.1, -0.05) is 6.58 Å². The molecule has 0 fully saturated rings. The van der Waals surface area contributed by atoms with E-state index in [1.54, 1.807) is 6.92 Å². The third kappa shape index (κ3) is 6.61. The van der Waals surface area contributed by atoms with Gasteiger partial charge in [0.05, 0.1) is 0 Å². The van der Waals surface area contributed by atoms with E-state index in [1.807, 2.05) is 13.8 Å². The van der Waals surface area contributed by atoms with Crippen LogP contribution in [0.25, 0.3) is 0 Å². The normalized spacial score (nSPS) is 10.2. The molecule has 13 heavy (non-hydrogen) atoms. The van der Waals surface area contributed by atoms with Crippen molar-refractivity contribution in [2.45, 2.75) is 32.8 Å². The summed E-state index contributed by atoms with van der Waals surface area (Å²) in [6.45, 7) is 9.30. The highest BCUT2D eigenvalue weighted by Crippen LogP contribution is 2.14. The van der Waals surface area contributed by atoms with Crippen LogP contribution in [0.15, 0.2) is 12.2 Å². The van der Waals surface area contributed by atoms with Gasteiger partial charge in [-0.2, -0.15) is 0 Å². The van der Waals surface area contributed by atoms with Crippen molar-refractivity contribution in [2.24, 2.45) is 5.73 Å². The van der Waals surface area contributed by atoms with Crippen LogP contribution in [-0.2, 0) is 9.53 Å². The van der Waals surface area contributed by atoms with E-state index >= 15 is 0 Å². The highest BCUT2D eigenvalue weighted by Gasteiger charge is 2.21. The molecule has 0 bridgehead atoms. The third-order valence-electron chi connectivity index (χ3n) is 1.46. The number of carbonyl (C=O) groups excluding carboxylic acids is 1. The molecular formula is C9H18ClNO2. The minimum absolute atomic E-state index is 0. The van der Waals surface area contributed by atoms with Crippen LogP contribution in [0.1, 0.15) is 27.2 Å². The highest BCUT2D eigenvalue weighted by molar-refractivity contribution is 5.87. The van der Waals surface area contributed by atoms with E-state index < -0.39 is 5.60 Å². The Labute approximate surface area is 85.7 Å². The van der Waals surface area contributed by atoms with Crippen LogP contribution in [0.2, 0.25) is 0 Å². The quantitative estimate of drug-likeness (QED) is 0.564. The van der Waals surface area contributed by atoms with Crippen molar-refractivity contribution < 1.29 is 9.53 Å². The number of hydrogen-bond acceptors (Lipinski definition) is 3. The van der Waals surface area contributed by atoms with Gasteiger partial charge in [-0.3, -0.25) is 0 Å². The van der Waals surface area contributed by atoms with Crippen molar-refractivity contribution in [1.29, 1.82) is 0 Å². The summed E-state index contributed by atoms with van der Waals surface area (Å²) < 4.78 is 5.12. The lowest BCUT2D eigenvalue weighted by Crippen LogP contribution is -2.30. The first-order chi connectivity index (χ1) is 5.39. The molecule has 3 nitrogen and oxygen atoms in total. The standard InChI is InChI=1S/C9H17NO2.ClH/c1-7(2)8(11)12-9(3,4)5-6-10;/h1,5-6,10H2,2-4H3;1H.